The van der Waals surface area contributed by atoms with Gasteiger partial charge in [-0.15, -0.1) is 0 Å². The van der Waals surface area contributed by atoms with Crippen molar-refractivity contribution in [3.63, 3.8) is 0 Å². The van der Waals surface area contributed by atoms with Crippen molar-refractivity contribution in [2.75, 3.05) is 32.6 Å². The lowest BCUT2D eigenvalue weighted by Gasteiger charge is -2.30. The Kier molecular flexibility index (Phi) is 7.52. The van der Waals surface area contributed by atoms with Crippen molar-refractivity contribution in [3.05, 3.63) is 58.9 Å². The quantitative estimate of drug-likeness (QED) is 0.291. The maximum atomic E-state index is 13.4. The lowest BCUT2D eigenvalue weighted by molar-refractivity contribution is -0.151. The molecule has 1 saturated heterocycles. The van der Waals surface area contributed by atoms with E-state index in [4.69, 9.17) is 14.5 Å². The van der Waals surface area contributed by atoms with Crippen molar-refractivity contribution < 1.29 is 19.1 Å². The lowest BCUT2D eigenvalue weighted by Crippen LogP contribution is -2.41. The number of likely N-dealkylation sites (tertiary alicyclic amines) is 1. The van der Waals surface area contributed by atoms with Crippen LogP contribution in [0, 0.1) is 5.92 Å². The minimum Gasteiger partial charge on any atom is -0.497 e. The number of hydrogen-bond acceptors (Lipinski definition) is 7. The zero-order valence-corrected chi connectivity index (χ0v) is 20.0. The zero-order chi connectivity index (χ0) is 24.1. The molecule has 2 heterocycles. The Bertz CT molecular complexity index is 1250. The van der Waals surface area contributed by atoms with E-state index in [9.17, 15) is 14.4 Å². The van der Waals surface area contributed by atoms with Crippen molar-refractivity contribution in [3.8, 4) is 11.4 Å². The summed E-state index contributed by atoms with van der Waals surface area (Å²) in [6.07, 6.45) is 1.19. The maximum Gasteiger partial charge on any atom is 0.309 e. The summed E-state index contributed by atoms with van der Waals surface area (Å²) in [5.74, 6) is 0.364. The normalized spacial score (nSPS) is 14.2. The standard InChI is InChI=1S/C25H27N3O5S/c1-3-33-24(31)17-11-13-27(14-12-17)22(29)16-34-25-26-21-10-5-4-9-20(21)23(30)28(25)18-7-6-8-19(15-18)32-2/h4-10,15,17H,3,11-14,16H2,1-2H3. The lowest BCUT2D eigenvalue weighted by atomic mass is 9.97. The Balaban J connectivity index is 1.55. The van der Waals surface area contributed by atoms with Crippen molar-refractivity contribution in [2.24, 2.45) is 5.92 Å². The van der Waals surface area contributed by atoms with Gasteiger partial charge in [-0.1, -0.05) is 30.0 Å². The highest BCUT2D eigenvalue weighted by Crippen LogP contribution is 2.25. The summed E-state index contributed by atoms with van der Waals surface area (Å²) >= 11 is 1.23. The van der Waals surface area contributed by atoms with E-state index in [0.717, 1.165) is 0 Å². The molecule has 4 rings (SSSR count). The van der Waals surface area contributed by atoms with Crippen molar-refractivity contribution >= 4 is 34.5 Å². The number of fused-ring (bicyclic) bond motifs is 1. The number of piperidine rings is 1. The van der Waals surface area contributed by atoms with Crippen LogP contribution in [0.25, 0.3) is 16.6 Å². The van der Waals surface area contributed by atoms with Gasteiger partial charge in [0.25, 0.3) is 5.56 Å². The number of hydrogen-bond donors (Lipinski definition) is 0. The highest BCUT2D eigenvalue weighted by atomic mass is 32.2. The van der Waals surface area contributed by atoms with E-state index in [1.807, 2.05) is 18.2 Å². The van der Waals surface area contributed by atoms with Gasteiger partial charge >= 0.3 is 5.97 Å². The van der Waals surface area contributed by atoms with Crippen LogP contribution in [-0.4, -0.2) is 58.9 Å². The summed E-state index contributed by atoms with van der Waals surface area (Å²) in [4.78, 5) is 44.7. The smallest absolute Gasteiger partial charge is 0.309 e. The average molecular weight is 482 g/mol. The van der Waals surface area contributed by atoms with Gasteiger partial charge in [0.05, 0.1) is 42.0 Å². The number of carbonyl (C=O) groups excluding carboxylic acids is 2. The van der Waals surface area contributed by atoms with Gasteiger partial charge in [-0.2, -0.15) is 0 Å². The molecule has 0 radical (unpaired) electrons. The largest absolute Gasteiger partial charge is 0.497 e. The molecule has 1 fully saturated rings. The molecule has 0 bridgehead atoms. The number of aromatic nitrogens is 2. The van der Waals surface area contributed by atoms with E-state index in [0.29, 0.717) is 60.0 Å². The van der Waals surface area contributed by atoms with Crippen LogP contribution in [0.2, 0.25) is 0 Å². The van der Waals surface area contributed by atoms with Crippen molar-refractivity contribution in [2.45, 2.75) is 24.9 Å². The van der Waals surface area contributed by atoms with E-state index in [2.05, 4.69) is 0 Å². The molecule has 1 aromatic heterocycles. The highest BCUT2D eigenvalue weighted by molar-refractivity contribution is 7.99. The molecular formula is C25H27N3O5S. The fourth-order valence-corrected chi connectivity index (χ4v) is 4.94. The summed E-state index contributed by atoms with van der Waals surface area (Å²) in [7, 11) is 1.57. The molecule has 2 aromatic carbocycles. The highest BCUT2D eigenvalue weighted by Gasteiger charge is 2.28. The molecule has 9 heteroatoms. The number of ether oxygens (including phenoxy) is 2. The van der Waals surface area contributed by atoms with Gasteiger partial charge in [-0.3, -0.25) is 19.0 Å². The first kappa shape index (κ1) is 23.8. The van der Waals surface area contributed by atoms with E-state index in [-0.39, 0.29) is 29.1 Å². The van der Waals surface area contributed by atoms with Crippen molar-refractivity contribution in [1.82, 2.24) is 14.5 Å². The van der Waals surface area contributed by atoms with Crippen LogP contribution in [0.15, 0.2) is 58.5 Å². The van der Waals surface area contributed by atoms with Crippen LogP contribution in [0.1, 0.15) is 19.8 Å². The molecule has 0 spiro atoms. The average Bonchev–Trinajstić information content (AvgIpc) is 2.87. The molecule has 178 valence electrons. The minimum absolute atomic E-state index is 0.0492. The fourth-order valence-electron chi connectivity index (χ4n) is 4.03. The minimum atomic E-state index is -0.205. The number of amides is 1. The molecule has 1 aliphatic rings. The van der Waals surface area contributed by atoms with Gasteiger partial charge in [0, 0.05) is 19.2 Å². The second-order valence-electron chi connectivity index (χ2n) is 7.95. The Labute approximate surface area is 201 Å². The summed E-state index contributed by atoms with van der Waals surface area (Å²) in [5.41, 5.74) is 0.994. The SMILES string of the molecule is CCOC(=O)C1CCN(C(=O)CSc2nc3ccccc3c(=O)n2-c2cccc(OC)c2)CC1. The predicted molar refractivity (Wildman–Crippen MR) is 131 cm³/mol. The summed E-state index contributed by atoms with van der Waals surface area (Å²) < 4.78 is 12.0. The van der Waals surface area contributed by atoms with Crippen LogP contribution in [0.4, 0.5) is 0 Å². The first-order valence-electron chi connectivity index (χ1n) is 11.2. The molecule has 3 aromatic rings. The molecule has 0 atom stereocenters. The summed E-state index contributed by atoms with van der Waals surface area (Å²) in [5, 5.41) is 0.939. The second kappa shape index (κ2) is 10.7. The molecule has 0 unspecified atom stereocenters. The molecule has 0 saturated carbocycles. The Hall–Kier alpha value is -3.33. The number of esters is 1. The molecule has 0 N–H and O–H groups in total. The van der Waals surface area contributed by atoms with E-state index < -0.39 is 0 Å². The zero-order valence-electron chi connectivity index (χ0n) is 19.2. The Morgan fingerprint density at radius 2 is 1.88 bits per heavy atom. The maximum absolute atomic E-state index is 13.4. The number of methoxy groups -OCH3 is 1. The first-order chi connectivity index (χ1) is 16.5. The number of carbonyl (C=O) groups is 2. The van der Waals surface area contributed by atoms with E-state index in [1.54, 1.807) is 49.3 Å². The van der Waals surface area contributed by atoms with Gasteiger partial charge in [-0.05, 0) is 44.0 Å². The van der Waals surface area contributed by atoms with Gasteiger partial charge in [0.15, 0.2) is 5.16 Å². The fraction of sp³-hybridized carbons (Fsp3) is 0.360. The van der Waals surface area contributed by atoms with E-state index >= 15 is 0 Å². The summed E-state index contributed by atoms with van der Waals surface area (Å²) in [6.45, 7) is 3.18. The van der Waals surface area contributed by atoms with Crippen LogP contribution in [-0.2, 0) is 14.3 Å². The summed E-state index contributed by atoms with van der Waals surface area (Å²) in [6, 6.07) is 14.4. The van der Waals surface area contributed by atoms with Crippen LogP contribution in [0.3, 0.4) is 0 Å². The molecular weight excluding hydrogens is 454 g/mol. The molecule has 0 aliphatic carbocycles. The number of nitrogens with zero attached hydrogens (tertiary/aromatic N) is 3. The third-order valence-corrected chi connectivity index (χ3v) is 6.77. The molecule has 34 heavy (non-hydrogen) atoms. The van der Waals surface area contributed by atoms with Gasteiger partial charge < -0.3 is 14.4 Å². The van der Waals surface area contributed by atoms with Crippen LogP contribution >= 0.6 is 11.8 Å². The Morgan fingerprint density at radius 3 is 2.62 bits per heavy atom. The Morgan fingerprint density at radius 1 is 1.12 bits per heavy atom. The van der Waals surface area contributed by atoms with Crippen LogP contribution in [0.5, 0.6) is 5.75 Å². The van der Waals surface area contributed by atoms with Gasteiger partial charge in [-0.25, -0.2) is 4.98 Å². The first-order valence-corrected chi connectivity index (χ1v) is 12.2. The molecule has 1 aliphatic heterocycles. The van der Waals surface area contributed by atoms with Crippen molar-refractivity contribution in [1.29, 1.82) is 0 Å². The number of thioether (sulfide) groups is 1. The molecule has 8 nitrogen and oxygen atoms in total. The number of para-hydroxylation sites is 1. The number of benzene rings is 2. The van der Waals surface area contributed by atoms with Gasteiger partial charge in [0.2, 0.25) is 5.91 Å². The number of rotatable bonds is 7. The third kappa shape index (κ3) is 5.09. The monoisotopic (exact) mass is 481 g/mol. The topological polar surface area (TPSA) is 90.7 Å². The van der Waals surface area contributed by atoms with Gasteiger partial charge in [0.1, 0.15) is 5.75 Å². The third-order valence-electron chi connectivity index (χ3n) is 5.85. The van der Waals surface area contributed by atoms with E-state index in [1.165, 1.54) is 16.3 Å². The second-order valence-corrected chi connectivity index (χ2v) is 8.89. The molecule has 1 amide bonds. The van der Waals surface area contributed by atoms with Crippen LogP contribution < -0.4 is 10.3 Å². The predicted octanol–water partition coefficient (Wildman–Crippen LogP) is 3.29.